The number of nitrogens with one attached hydrogen (secondary N) is 1. The molecule has 0 atom stereocenters. The van der Waals surface area contributed by atoms with Crippen LogP contribution in [0, 0.1) is 20.8 Å². The molecule has 3 N–H and O–H groups in total. The fourth-order valence-corrected chi connectivity index (χ4v) is 2.25. The maximum Gasteiger partial charge on any atom is 0.332 e. The molecule has 0 saturated heterocycles. The normalized spacial score (nSPS) is 10.9. The highest BCUT2D eigenvalue weighted by atomic mass is 16.2. The Balaban J connectivity index is 2.39. The summed E-state index contributed by atoms with van der Waals surface area (Å²) in [5.74, 6) is 0. The van der Waals surface area contributed by atoms with Crippen molar-refractivity contribution in [2.45, 2.75) is 20.8 Å². The summed E-state index contributed by atoms with van der Waals surface area (Å²) in [4.78, 5) is 10.6. The van der Waals surface area contributed by atoms with Crippen molar-refractivity contribution in [3.63, 3.8) is 0 Å². The first-order chi connectivity index (χ1) is 9.49. The van der Waals surface area contributed by atoms with Crippen LogP contribution in [0.15, 0.2) is 35.4 Å². The summed E-state index contributed by atoms with van der Waals surface area (Å²) in [5.41, 5.74) is 12.6. The molecule has 2 amide bonds. The molecule has 2 aromatic rings. The molecule has 0 saturated carbocycles. The number of rotatable bonds is 3. The summed E-state index contributed by atoms with van der Waals surface area (Å²) in [5, 5.41) is 3.80. The van der Waals surface area contributed by atoms with Gasteiger partial charge in [-0.25, -0.2) is 10.2 Å². The number of carbonyl (C=O) groups excluding carboxylic acids is 1. The van der Waals surface area contributed by atoms with Gasteiger partial charge in [-0.3, -0.25) is 0 Å². The number of carbonyl (C=O) groups is 1. The van der Waals surface area contributed by atoms with E-state index >= 15 is 0 Å². The van der Waals surface area contributed by atoms with Crippen LogP contribution in [0.1, 0.15) is 22.5 Å². The summed E-state index contributed by atoms with van der Waals surface area (Å²) >= 11 is 0. The number of benzene rings is 1. The molecule has 0 aliphatic carbocycles. The zero-order valence-electron chi connectivity index (χ0n) is 11.8. The lowest BCUT2D eigenvalue weighted by Crippen LogP contribution is -2.24. The second-order valence-electron chi connectivity index (χ2n) is 4.74. The van der Waals surface area contributed by atoms with Crippen molar-refractivity contribution in [3.8, 4) is 5.69 Å². The lowest BCUT2D eigenvalue weighted by atomic mass is 10.2. The lowest BCUT2D eigenvalue weighted by molar-refractivity contribution is 0.249. The highest BCUT2D eigenvalue weighted by molar-refractivity contribution is 5.83. The van der Waals surface area contributed by atoms with E-state index in [-0.39, 0.29) is 0 Å². The van der Waals surface area contributed by atoms with Crippen molar-refractivity contribution in [2.75, 3.05) is 0 Å². The molecule has 2 rings (SSSR count). The van der Waals surface area contributed by atoms with Gasteiger partial charge >= 0.3 is 6.03 Å². The zero-order valence-corrected chi connectivity index (χ0v) is 11.8. The van der Waals surface area contributed by atoms with Crippen LogP contribution in [0.2, 0.25) is 0 Å². The van der Waals surface area contributed by atoms with Gasteiger partial charge in [0, 0.05) is 22.6 Å². The van der Waals surface area contributed by atoms with Gasteiger partial charge in [0.05, 0.1) is 6.21 Å². The third-order valence-corrected chi connectivity index (χ3v) is 3.11. The van der Waals surface area contributed by atoms with Crippen molar-refractivity contribution in [3.05, 3.63) is 52.8 Å². The van der Waals surface area contributed by atoms with Crippen LogP contribution in [0.5, 0.6) is 0 Å². The van der Waals surface area contributed by atoms with Crippen LogP contribution in [0.25, 0.3) is 5.69 Å². The number of amides is 2. The number of hydrogen-bond donors (Lipinski definition) is 2. The average Bonchev–Trinajstić information content (AvgIpc) is 2.64. The number of nitrogens with zero attached hydrogens (tertiary/aromatic N) is 2. The monoisotopic (exact) mass is 270 g/mol. The molecule has 1 aromatic carbocycles. The minimum Gasteiger partial charge on any atom is -0.350 e. The number of hydrazone groups is 1. The van der Waals surface area contributed by atoms with E-state index in [2.05, 4.69) is 40.2 Å². The molecule has 0 bridgehead atoms. The standard InChI is InChI=1S/C15H18N4O/c1-10-5-4-6-14(7-10)19-11(2)8-13(12(19)3)9-17-18-15(16)20/h4-9H,1-3H3,(H3,16,18,20)/b17-9-. The van der Waals surface area contributed by atoms with Crippen LogP contribution >= 0.6 is 0 Å². The fourth-order valence-electron chi connectivity index (χ4n) is 2.25. The third kappa shape index (κ3) is 2.88. The van der Waals surface area contributed by atoms with Crippen molar-refractivity contribution in [1.29, 1.82) is 0 Å². The summed E-state index contributed by atoms with van der Waals surface area (Å²) < 4.78 is 2.15. The van der Waals surface area contributed by atoms with Crippen molar-refractivity contribution >= 4 is 12.2 Å². The van der Waals surface area contributed by atoms with E-state index in [1.54, 1.807) is 6.21 Å². The number of nitrogens with two attached hydrogens (primary N) is 1. The van der Waals surface area contributed by atoms with Gasteiger partial charge < -0.3 is 10.3 Å². The highest BCUT2D eigenvalue weighted by Crippen LogP contribution is 2.20. The minimum absolute atomic E-state index is 0.672. The Morgan fingerprint density at radius 3 is 2.70 bits per heavy atom. The molecular formula is C15H18N4O. The number of hydrogen-bond acceptors (Lipinski definition) is 2. The van der Waals surface area contributed by atoms with Gasteiger partial charge in [-0.15, -0.1) is 0 Å². The number of aromatic nitrogens is 1. The van der Waals surface area contributed by atoms with E-state index in [9.17, 15) is 4.79 Å². The maximum absolute atomic E-state index is 10.6. The molecule has 0 aliphatic heterocycles. The summed E-state index contributed by atoms with van der Waals surface area (Å²) in [6.45, 7) is 6.12. The first-order valence-corrected chi connectivity index (χ1v) is 6.33. The predicted octanol–water partition coefficient (Wildman–Crippen LogP) is 2.40. The SMILES string of the molecule is Cc1cccc(-n2c(C)cc(/C=N\NC(N)=O)c2C)c1. The molecule has 20 heavy (non-hydrogen) atoms. The van der Waals surface area contributed by atoms with E-state index in [0.717, 1.165) is 22.6 Å². The summed E-state index contributed by atoms with van der Waals surface area (Å²) in [7, 11) is 0. The van der Waals surface area contributed by atoms with Crippen LogP contribution < -0.4 is 11.2 Å². The Labute approximate surface area is 118 Å². The third-order valence-electron chi connectivity index (χ3n) is 3.11. The molecule has 1 heterocycles. The van der Waals surface area contributed by atoms with Gasteiger partial charge in [-0.1, -0.05) is 12.1 Å². The molecule has 5 heteroatoms. The van der Waals surface area contributed by atoms with Crippen LogP contribution in [0.3, 0.4) is 0 Å². The topological polar surface area (TPSA) is 72.4 Å². The van der Waals surface area contributed by atoms with Crippen LogP contribution in [-0.2, 0) is 0 Å². The summed E-state index contributed by atoms with van der Waals surface area (Å²) in [6.07, 6.45) is 1.60. The second-order valence-corrected chi connectivity index (χ2v) is 4.74. The van der Waals surface area contributed by atoms with Gasteiger partial charge in [0.25, 0.3) is 0 Å². The largest absolute Gasteiger partial charge is 0.350 e. The molecule has 104 valence electrons. The lowest BCUT2D eigenvalue weighted by Gasteiger charge is -2.10. The minimum atomic E-state index is -0.672. The van der Waals surface area contributed by atoms with Gasteiger partial charge in [-0.2, -0.15) is 5.10 Å². The Morgan fingerprint density at radius 2 is 2.05 bits per heavy atom. The quantitative estimate of drug-likeness (QED) is 0.652. The van der Waals surface area contributed by atoms with Crippen molar-refractivity contribution < 1.29 is 4.79 Å². The predicted molar refractivity (Wildman–Crippen MR) is 80.3 cm³/mol. The van der Waals surface area contributed by atoms with Crippen molar-refractivity contribution in [2.24, 2.45) is 10.8 Å². The van der Waals surface area contributed by atoms with E-state index < -0.39 is 6.03 Å². The van der Waals surface area contributed by atoms with E-state index in [1.807, 2.05) is 26.0 Å². The summed E-state index contributed by atoms with van der Waals surface area (Å²) in [6, 6.07) is 9.64. The second kappa shape index (κ2) is 5.61. The van der Waals surface area contributed by atoms with E-state index in [0.29, 0.717) is 0 Å². The van der Waals surface area contributed by atoms with Crippen molar-refractivity contribution in [1.82, 2.24) is 9.99 Å². The molecule has 0 fully saturated rings. The van der Waals surface area contributed by atoms with Gasteiger partial charge in [0.2, 0.25) is 0 Å². The Morgan fingerprint density at radius 1 is 1.30 bits per heavy atom. The van der Waals surface area contributed by atoms with Crippen LogP contribution in [0.4, 0.5) is 4.79 Å². The maximum atomic E-state index is 10.6. The van der Waals surface area contributed by atoms with Crippen LogP contribution in [-0.4, -0.2) is 16.8 Å². The van der Waals surface area contributed by atoms with Gasteiger partial charge in [0.1, 0.15) is 0 Å². The molecule has 0 spiro atoms. The first-order valence-electron chi connectivity index (χ1n) is 6.33. The number of aryl methyl sites for hydroxylation is 2. The first kappa shape index (κ1) is 13.9. The smallest absolute Gasteiger partial charge is 0.332 e. The molecular weight excluding hydrogens is 252 g/mol. The average molecular weight is 270 g/mol. The molecule has 0 radical (unpaired) electrons. The number of urea groups is 1. The van der Waals surface area contributed by atoms with E-state index in [4.69, 9.17) is 5.73 Å². The fraction of sp³-hybridized carbons (Fsp3) is 0.200. The zero-order chi connectivity index (χ0) is 14.7. The van der Waals surface area contributed by atoms with Gasteiger partial charge in [0.15, 0.2) is 0 Å². The Kier molecular flexibility index (Phi) is 3.89. The number of primary amides is 1. The Bertz CT molecular complexity index is 671. The molecule has 0 unspecified atom stereocenters. The Hall–Kier alpha value is -2.56. The molecule has 1 aromatic heterocycles. The van der Waals surface area contributed by atoms with Gasteiger partial charge in [-0.05, 0) is 44.5 Å². The molecule has 5 nitrogen and oxygen atoms in total. The molecule has 0 aliphatic rings. The highest BCUT2D eigenvalue weighted by Gasteiger charge is 2.09. The van der Waals surface area contributed by atoms with E-state index in [1.165, 1.54) is 5.56 Å².